The van der Waals surface area contributed by atoms with Crippen molar-refractivity contribution < 1.29 is 4.79 Å². The summed E-state index contributed by atoms with van der Waals surface area (Å²) in [4.78, 5) is 13.6. The third kappa shape index (κ3) is 2.81. The van der Waals surface area contributed by atoms with E-state index in [0.29, 0.717) is 9.93 Å². The highest BCUT2D eigenvalue weighted by molar-refractivity contribution is 8.04. The molecule has 2 N–H and O–H groups in total. The Bertz CT molecular complexity index is 683. The summed E-state index contributed by atoms with van der Waals surface area (Å²) in [6, 6.07) is 15.0. The van der Waals surface area contributed by atoms with Crippen LogP contribution in [0.3, 0.4) is 0 Å². The molecule has 0 unspecified atom stereocenters. The molecule has 20 heavy (non-hydrogen) atoms. The second-order valence-corrected chi connectivity index (χ2v) is 5.73. The molecule has 2 aromatic rings. The molecule has 2 aromatic carbocycles. The number of benzene rings is 2. The van der Waals surface area contributed by atoms with E-state index in [1.54, 1.807) is 18.3 Å². The van der Waals surface area contributed by atoms with Crippen molar-refractivity contribution in [1.29, 1.82) is 0 Å². The highest BCUT2D eigenvalue weighted by atomic mass is 35.5. The zero-order valence-corrected chi connectivity index (χ0v) is 12.0. The van der Waals surface area contributed by atoms with Gasteiger partial charge in [0.15, 0.2) is 0 Å². The van der Waals surface area contributed by atoms with Gasteiger partial charge in [-0.25, -0.2) is 0 Å². The van der Waals surface area contributed by atoms with Crippen LogP contribution < -0.4 is 10.6 Å². The van der Waals surface area contributed by atoms with Crippen LogP contribution in [0.5, 0.6) is 0 Å². The predicted molar refractivity (Wildman–Crippen MR) is 84.1 cm³/mol. The van der Waals surface area contributed by atoms with Crippen LogP contribution in [-0.2, 0) is 4.79 Å². The molecule has 0 atom stereocenters. The molecule has 0 aromatic heterocycles. The van der Waals surface area contributed by atoms with Gasteiger partial charge in [-0.05, 0) is 36.4 Å². The number of rotatable bonds is 2. The van der Waals surface area contributed by atoms with E-state index >= 15 is 0 Å². The van der Waals surface area contributed by atoms with Crippen LogP contribution in [0.2, 0.25) is 5.02 Å². The normalized spacial score (nSPS) is 15.7. The van der Waals surface area contributed by atoms with E-state index < -0.39 is 0 Å². The lowest BCUT2D eigenvalue weighted by atomic mass is 10.3. The van der Waals surface area contributed by atoms with Crippen LogP contribution >= 0.6 is 23.4 Å². The molecule has 3 nitrogen and oxygen atoms in total. The molecular weight excluding hydrogens is 292 g/mol. The Hall–Kier alpha value is -1.91. The molecule has 0 saturated carbocycles. The maximum Gasteiger partial charge on any atom is 0.263 e. The SMILES string of the molecule is O=C1Nc2ccccc2SC1=CNc1ccc(Cl)cc1. The van der Waals surface area contributed by atoms with Gasteiger partial charge in [0.05, 0.1) is 10.6 Å². The molecule has 1 aliphatic heterocycles. The van der Waals surface area contributed by atoms with Crippen LogP contribution in [0.1, 0.15) is 0 Å². The minimum Gasteiger partial charge on any atom is -0.360 e. The molecule has 1 aliphatic rings. The van der Waals surface area contributed by atoms with Crippen molar-refractivity contribution in [3.8, 4) is 0 Å². The Morgan fingerprint density at radius 1 is 1.10 bits per heavy atom. The molecule has 0 radical (unpaired) electrons. The molecule has 0 bridgehead atoms. The lowest BCUT2D eigenvalue weighted by Gasteiger charge is -2.18. The molecule has 3 rings (SSSR count). The zero-order chi connectivity index (χ0) is 13.9. The van der Waals surface area contributed by atoms with E-state index in [-0.39, 0.29) is 5.91 Å². The summed E-state index contributed by atoms with van der Waals surface area (Å²) in [6.07, 6.45) is 1.71. The number of nitrogens with one attached hydrogen (secondary N) is 2. The first-order valence-electron chi connectivity index (χ1n) is 6.03. The predicted octanol–water partition coefficient (Wildman–Crippen LogP) is 4.34. The maximum absolute atomic E-state index is 12.0. The van der Waals surface area contributed by atoms with Gasteiger partial charge in [-0.3, -0.25) is 4.79 Å². The van der Waals surface area contributed by atoms with Crippen molar-refractivity contribution in [2.24, 2.45) is 0 Å². The summed E-state index contributed by atoms with van der Waals surface area (Å²) >= 11 is 7.28. The van der Waals surface area contributed by atoms with Gasteiger partial charge in [-0.1, -0.05) is 35.5 Å². The van der Waals surface area contributed by atoms with Crippen molar-refractivity contribution in [3.63, 3.8) is 0 Å². The van der Waals surface area contributed by atoms with Gasteiger partial charge in [0.25, 0.3) is 5.91 Å². The molecule has 0 aliphatic carbocycles. The number of para-hydroxylation sites is 1. The summed E-state index contributed by atoms with van der Waals surface area (Å²) in [6.45, 7) is 0. The van der Waals surface area contributed by atoms with Crippen LogP contribution in [0, 0.1) is 0 Å². The number of amides is 1. The Balaban J connectivity index is 1.79. The van der Waals surface area contributed by atoms with Crippen molar-refractivity contribution in [1.82, 2.24) is 0 Å². The van der Waals surface area contributed by atoms with Crippen molar-refractivity contribution in [2.75, 3.05) is 10.6 Å². The largest absolute Gasteiger partial charge is 0.360 e. The van der Waals surface area contributed by atoms with Crippen LogP contribution in [0.4, 0.5) is 11.4 Å². The van der Waals surface area contributed by atoms with Crippen LogP contribution in [-0.4, -0.2) is 5.91 Å². The summed E-state index contributed by atoms with van der Waals surface area (Å²) in [5.74, 6) is -0.102. The first kappa shape index (κ1) is 13.1. The monoisotopic (exact) mass is 302 g/mol. The number of halogens is 1. The fraction of sp³-hybridized carbons (Fsp3) is 0. The van der Waals surface area contributed by atoms with Crippen molar-refractivity contribution in [2.45, 2.75) is 4.90 Å². The number of hydrogen-bond acceptors (Lipinski definition) is 3. The lowest BCUT2D eigenvalue weighted by Crippen LogP contribution is -2.17. The van der Waals surface area contributed by atoms with E-state index in [1.807, 2.05) is 36.4 Å². The van der Waals surface area contributed by atoms with E-state index in [9.17, 15) is 4.79 Å². The van der Waals surface area contributed by atoms with E-state index in [1.165, 1.54) is 11.8 Å². The van der Waals surface area contributed by atoms with E-state index in [2.05, 4.69) is 10.6 Å². The summed E-state index contributed by atoms with van der Waals surface area (Å²) in [5, 5.41) is 6.65. The second kappa shape index (κ2) is 5.61. The molecular formula is C15H11ClN2OS. The van der Waals surface area contributed by atoms with Gasteiger partial charge in [-0.2, -0.15) is 0 Å². The van der Waals surface area contributed by atoms with Gasteiger partial charge in [-0.15, -0.1) is 0 Å². The molecule has 1 amide bonds. The van der Waals surface area contributed by atoms with Crippen LogP contribution in [0.25, 0.3) is 0 Å². The maximum atomic E-state index is 12.0. The quantitative estimate of drug-likeness (QED) is 0.811. The smallest absolute Gasteiger partial charge is 0.263 e. The first-order chi connectivity index (χ1) is 9.72. The lowest BCUT2D eigenvalue weighted by molar-refractivity contribution is -0.112. The van der Waals surface area contributed by atoms with Crippen molar-refractivity contribution >= 4 is 40.6 Å². The Morgan fingerprint density at radius 3 is 2.65 bits per heavy atom. The van der Waals surface area contributed by atoms with Gasteiger partial charge >= 0.3 is 0 Å². The Kier molecular flexibility index (Phi) is 3.67. The number of carbonyl (C=O) groups excluding carboxylic acids is 1. The molecule has 0 saturated heterocycles. The number of hydrogen-bond donors (Lipinski definition) is 2. The van der Waals surface area contributed by atoms with Crippen LogP contribution in [0.15, 0.2) is 64.5 Å². The minimum atomic E-state index is -0.102. The Morgan fingerprint density at radius 2 is 1.85 bits per heavy atom. The zero-order valence-electron chi connectivity index (χ0n) is 10.4. The Labute approximate surface area is 126 Å². The molecule has 5 heteroatoms. The third-order valence-electron chi connectivity index (χ3n) is 2.79. The average molecular weight is 303 g/mol. The van der Waals surface area contributed by atoms with E-state index in [4.69, 9.17) is 11.6 Å². The van der Waals surface area contributed by atoms with Gasteiger partial charge in [0.2, 0.25) is 0 Å². The average Bonchev–Trinajstić information content (AvgIpc) is 2.47. The number of fused-ring (bicyclic) bond motifs is 1. The minimum absolute atomic E-state index is 0.102. The van der Waals surface area contributed by atoms with Gasteiger partial charge < -0.3 is 10.6 Å². The van der Waals surface area contributed by atoms with Crippen molar-refractivity contribution in [3.05, 3.63) is 64.7 Å². The van der Waals surface area contributed by atoms with Gasteiger partial charge in [0.1, 0.15) is 0 Å². The number of anilines is 2. The molecule has 0 fully saturated rings. The molecule has 100 valence electrons. The summed E-state index contributed by atoms with van der Waals surface area (Å²) in [5.41, 5.74) is 1.74. The molecule has 1 heterocycles. The standard InChI is InChI=1S/C15H11ClN2OS/c16-10-5-7-11(8-6-10)17-9-14-15(19)18-12-3-1-2-4-13(12)20-14/h1-9,17H,(H,18,19). The second-order valence-electron chi connectivity index (χ2n) is 4.21. The highest BCUT2D eigenvalue weighted by Gasteiger charge is 2.20. The topological polar surface area (TPSA) is 41.1 Å². The fourth-order valence-corrected chi connectivity index (χ4v) is 2.80. The summed E-state index contributed by atoms with van der Waals surface area (Å²) < 4.78 is 0. The van der Waals surface area contributed by atoms with E-state index in [0.717, 1.165) is 16.3 Å². The fourth-order valence-electron chi connectivity index (χ4n) is 1.80. The number of carbonyl (C=O) groups is 1. The third-order valence-corrected chi connectivity index (χ3v) is 4.14. The van der Waals surface area contributed by atoms with Gasteiger partial charge in [0, 0.05) is 21.8 Å². The highest BCUT2D eigenvalue weighted by Crippen LogP contribution is 2.37. The summed E-state index contributed by atoms with van der Waals surface area (Å²) in [7, 11) is 0. The molecule has 0 spiro atoms. The first-order valence-corrected chi connectivity index (χ1v) is 7.22. The number of thioether (sulfide) groups is 1.